The Morgan fingerprint density at radius 2 is 1.95 bits per heavy atom. The van der Waals surface area contributed by atoms with Crippen LogP contribution in [0.15, 0.2) is 12.4 Å². The highest BCUT2D eigenvalue weighted by atomic mass is 16.3. The van der Waals surface area contributed by atoms with Crippen molar-refractivity contribution < 1.29 is 5.11 Å². The van der Waals surface area contributed by atoms with E-state index in [1.165, 1.54) is 0 Å². The van der Waals surface area contributed by atoms with E-state index < -0.39 is 6.10 Å². The lowest BCUT2D eigenvalue weighted by Crippen LogP contribution is -2.50. The van der Waals surface area contributed by atoms with Crippen LogP contribution >= 0.6 is 0 Å². The minimum absolute atomic E-state index is 0.398. The molecular formula is C13H25N5O. The van der Waals surface area contributed by atoms with Gasteiger partial charge >= 0.3 is 0 Å². The molecule has 1 atom stereocenters. The van der Waals surface area contributed by atoms with Gasteiger partial charge in [0, 0.05) is 45.0 Å². The van der Waals surface area contributed by atoms with Crippen LogP contribution in [-0.4, -0.2) is 69.6 Å². The average Bonchev–Trinajstić information content (AvgIpc) is 2.75. The van der Waals surface area contributed by atoms with Crippen molar-refractivity contribution in [3.8, 4) is 0 Å². The first kappa shape index (κ1) is 14.3. The first-order valence-electron chi connectivity index (χ1n) is 6.97. The predicted molar refractivity (Wildman–Crippen MR) is 75.8 cm³/mol. The number of hydrogen-bond acceptors (Lipinski definition) is 5. The van der Waals surface area contributed by atoms with Gasteiger partial charge in [0.15, 0.2) is 0 Å². The summed E-state index contributed by atoms with van der Waals surface area (Å²) in [7, 11) is 0. The molecule has 0 saturated carbocycles. The lowest BCUT2D eigenvalue weighted by molar-refractivity contribution is 0.0540. The van der Waals surface area contributed by atoms with Crippen molar-refractivity contribution >= 4 is 5.69 Å². The van der Waals surface area contributed by atoms with E-state index in [9.17, 15) is 5.11 Å². The third-order valence-electron chi connectivity index (χ3n) is 3.66. The molecule has 0 aromatic carbocycles. The van der Waals surface area contributed by atoms with E-state index in [-0.39, 0.29) is 0 Å². The Morgan fingerprint density at radius 3 is 2.47 bits per heavy atom. The van der Waals surface area contributed by atoms with Gasteiger partial charge in [-0.05, 0) is 13.8 Å². The molecular weight excluding hydrogens is 242 g/mol. The highest BCUT2D eigenvalue weighted by Gasteiger charge is 2.20. The molecule has 1 fully saturated rings. The van der Waals surface area contributed by atoms with Crippen molar-refractivity contribution in [2.24, 2.45) is 0 Å². The van der Waals surface area contributed by atoms with E-state index >= 15 is 0 Å². The molecule has 1 aliphatic rings. The number of aromatic nitrogens is 2. The zero-order chi connectivity index (χ0) is 13.8. The average molecular weight is 267 g/mol. The first-order valence-corrected chi connectivity index (χ1v) is 6.97. The molecule has 3 N–H and O–H groups in total. The van der Waals surface area contributed by atoms with Crippen molar-refractivity contribution in [3.63, 3.8) is 0 Å². The summed E-state index contributed by atoms with van der Waals surface area (Å²) in [6, 6.07) is 0.610. The minimum Gasteiger partial charge on any atom is -0.396 e. The highest BCUT2D eigenvalue weighted by molar-refractivity contribution is 5.30. The molecule has 1 aromatic heterocycles. The zero-order valence-corrected chi connectivity index (χ0v) is 11.9. The monoisotopic (exact) mass is 267 g/mol. The third-order valence-corrected chi connectivity index (χ3v) is 3.66. The Bertz CT molecular complexity index is 384. The van der Waals surface area contributed by atoms with Crippen LogP contribution in [0.5, 0.6) is 0 Å². The molecule has 0 spiro atoms. The van der Waals surface area contributed by atoms with Crippen LogP contribution in [0.2, 0.25) is 0 Å². The number of piperazine rings is 1. The maximum absolute atomic E-state index is 10.1. The van der Waals surface area contributed by atoms with Gasteiger partial charge < -0.3 is 10.8 Å². The van der Waals surface area contributed by atoms with Crippen LogP contribution in [0.25, 0.3) is 0 Å². The molecule has 0 bridgehead atoms. The lowest BCUT2D eigenvalue weighted by atomic mass is 10.2. The van der Waals surface area contributed by atoms with Crippen molar-refractivity contribution in [2.75, 3.05) is 38.5 Å². The number of aliphatic hydroxyl groups excluding tert-OH is 1. The van der Waals surface area contributed by atoms with E-state index in [0.29, 0.717) is 24.8 Å². The summed E-state index contributed by atoms with van der Waals surface area (Å²) in [6.07, 6.45) is 2.96. The second-order valence-corrected chi connectivity index (χ2v) is 5.58. The number of β-amino-alcohol motifs (C(OH)–C–C–N with tert-alkyl or cyclic N) is 1. The van der Waals surface area contributed by atoms with Crippen LogP contribution in [0.1, 0.15) is 13.8 Å². The third kappa shape index (κ3) is 4.19. The maximum atomic E-state index is 10.1. The fourth-order valence-electron chi connectivity index (χ4n) is 2.51. The summed E-state index contributed by atoms with van der Waals surface area (Å²) in [5.74, 6) is 0. The zero-order valence-electron chi connectivity index (χ0n) is 11.9. The Hall–Kier alpha value is -1.11. The fraction of sp³-hybridized carbons (Fsp3) is 0.769. The van der Waals surface area contributed by atoms with Crippen molar-refractivity contribution in [3.05, 3.63) is 12.4 Å². The van der Waals surface area contributed by atoms with E-state index in [4.69, 9.17) is 5.73 Å². The van der Waals surface area contributed by atoms with Crippen LogP contribution < -0.4 is 5.73 Å². The molecule has 6 nitrogen and oxygen atoms in total. The molecule has 1 saturated heterocycles. The second-order valence-electron chi connectivity index (χ2n) is 5.58. The molecule has 1 aromatic rings. The van der Waals surface area contributed by atoms with Crippen molar-refractivity contribution in [1.82, 2.24) is 19.6 Å². The summed E-state index contributed by atoms with van der Waals surface area (Å²) < 4.78 is 1.70. The van der Waals surface area contributed by atoms with Crippen molar-refractivity contribution in [1.29, 1.82) is 0 Å². The summed E-state index contributed by atoms with van der Waals surface area (Å²) in [5, 5.41) is 14.2. The van der Waals surface area contributed by atoms with Crippen LogP contribution in [0.4, 0.5) is 5.69 Å². The molecule has 108 valence electrons. The smallest absolute Gasteiger partial charge is 0.0862 e. The number of hydrogen-bond donors (Lipinski definition) is 2. The molecule has 2 heterocycles. The Labute approximate surface area is 114 Å². The molecule has 1 unspecified atom stereocenters. The number of nitrogen functional groups attached to an aromatic ring is 1. The molecule has 1 aliphatic heterocycles. The number of nitrogens with zero attached hydrogens (tertiary/aromatic N) is 4. The van der Waals surface area contributed by atoms with Gasteiger partial charge in [-0.15, -0.1) is 0 Å². The topological polar surface area (TPSA) is 70.5 Å². The van der Waals surface area contributed by atoms with E-state index in [1.54, 1.807) is 17.1 Å². The summed E-state index contributed by atoms with van der Waals surface area (Å²) in [6.45, 7) is 9.87. The lowest BCUT2D eigenvalue weighted by Gasteiger charge is -2.37. The number of nitrogens with two attached hydrogens (primary N) is 1. The molecule has 2 rings (SSSR count). The van der Waals surface area contributed by atoms with Crippen LogP contribution in [0, 0.1) is 0 Å². The minimum atomic E-state index is -0.398. The number of aliphatic hydroxyl groups is 1. The van der Waals surface area contributed by atoms with Gasteiger partial charge in [-0.2, -0.15) is 5.10 Å². The van der Waals surface area contributed by atoms with E-state index in [0.717, 1.165) is 26.2 Å². The predicted octanol–water partition coefficient (Wildman–Crippen LogP) is -0.148. The maximum Gasteiger partial charge on any atom is 0.0862 e. The highest BCUT2D eigenvalue weighted by Crippen LogP contribution is 2.07. The van der Waals surface area contributed by atoms with E-state index in [2.05, 4.69) is 28.7 Å². The second kappa shape index (κ2) is 6.36. The van der Waals surface area contributed by atoms with Gasteiger partial charge in [0.05, 0.1) is 24.5 Å². The van der Waals surface area contributed by atoms with Gasteiger partial charge in [-0.1, -0.05) is 0 Å². The summed E-state index contributed by atoms with van der Waals surface area (Å²) in [4.78, 5) is 4.79. The van der Waals surface area contributed by atoms with Gasteiger partial charge in [-0.3, -0.25) is 14.5 Å². The van der Waals surface area contributed by atoms with Gasteiger partial charge in [-0.25, -0.2) is 0 Å². The van der Waals surface area contributed by atoms with Gasteiger partial charge in [0.2, 0.25) is 0 Å². The number of anilines is 1. The number of rotatable bonds is 5. The Morgan fingerprint density at radius 1 is 1.26 bits per heavy atom. The Balaban J connectivity index is 1.73. The van der Waals surface area contributed by atoms with Gasteiger partial charge in [0.1, 0.15) is 0 Å². The molecule has 0 aliphatic carbocycles. The molecule has 19 heavy (non-hydrogen) atoms. The Kier molecular flexibility index (Phi) is 4.79. The normalized spacial score (nSPS) is 20.0. The summed E-state index contributed by atoms with van der Waals surface area (Å²) in [5.41, 5.74) is 6.24. The largest absolute Gasteiger partial charge is 0.396 e. The first-order chi connectivity index (χ1) is 9.04. The summed E-state index contributed by atoms with van der Waals surface area (Å²) >= 11 is 0. The van der Waals surface area contributed by atoms with Crippen LogP contribution in [0.3, 0.4) is 0 Å². The fourth-order valence-corrected chi connectivity index (χ4v) is 2.51. The van der Waals surface area contributed by atoms with Crippen LogP contribution in [-0.2, 0) is 6.54 Å². The molecule has 6 heteroatoms. The molecule has 0 radical (unpaired) electrons. The van der Waals surface area contributed by atoms with Crippen molar-refractivity contribution in [2.45, 2.75) is 32.5 Å². The van der Waals surface area contributed by atoms with E-state index in [1.807, 2.05) is 0 Å². The molecule has 0 amide bonds. The van der Waals surface area contributed by atoms with Gasteiger partial charge in [0.25, 0.3) is 0 Å². The SMILES string of the molecule is CC(C)N1CCN(CC(O)Cn2cc(N)cn2)CC1. The quantitative estimate of drug-likeness (QED) is 0.776. The standard InChI is InChI=1S/C13H25N5O/c1-11(2)17-5-3-16(4-6-17)9-13(19)10-18-8-12(14)7-15-18/h7-8,11,13,19H,3-6,9-10,14H2,1-2H3.